The van der Waals surface area contributed by atoms with Crippen LogP contribution in [0.1, 0.15) is 29.6 Å². The van der Waals surface area contributed by atoms with E-state index in [4.69, 9.17) is 9.47 Å². The van der Waals surface area contributed by atoms with Crippen molar-refractivity contribution in [2.75, 3.05) is 7.11 Å². The molecule has 17 heavy (non-hydrogen) atoms. The summed E-state index contributed by atoms with van der Waals surface area (Å²) in [5, 5.41) is 9.57. The lowest BCUT2D eigenvalue weighted by molar-refractivity contribution is -0.00484. The van der Waals surface area contributed by atoms with Gasteiger partial charge < -0.3 is 14.6 Å². The van der Waals surface area contributed by atoms with Crippen molar-refractivity contribution >= 4 is 5.97 Å². The number of aliphatic hydroxyl groups is 1. The number of hydrogen-bond acceptors (Lipinski definition) is 4. The van der Waals surface area contributed by atoms with Crippen LogP contribution in [0.4, 0.5) is 0 Å². The standard InChI is InChI=1S/C13H16O4/c1-16-10-7-5-9(6-8-10)13(15)17-12-4-2-3-11(12)14/h5-8,11-12,14H,2-4H2,1H3. The van der Waals surface area contributed by atoms with Crippen molar-refractivity contribution in [1.29, 1.82) is 0 Å². The molecule has 1 aromatic carbocycles. The molecule has 4 heteroatoms. The third kappa shape index (κ3) is 2.77. The minimum Gasteiger partial charge on any atom is -0.497 e. The van der Waals surface area contributed by atoms with Crippen LogP contribution in [0.5, 0.6) is 5.75 Å². The van der Waals surface area contributed by atoms with Gasteiger partial charge in [-0.1, -0.05) is 0 Å². The minimum atomic E-state index is -0.516. The number of benzene rings is 1. The Morgan fingerprint density at radius 1 is 1.29 bits per heavy atom. The lowest BCUT2D eigenvalue weighted by atomic mass is 10.2. The Morgan fingerprint density at radius 2 is 2.00 bits per heavy atom. The first-order chi connectivity index (χ1) is 8.20. The van der Waals surface area contributed by atoms with Crippen molar-refractivity contribution in [2.24, 2.45) is 0 Å². The molecule has 1 aliphatic carbocycles. The van der Waals surface area contributed by atoms with E-state index >= 15 is 0 Å². The van der Waals surface area contributed by atoms with E-state index in [0.29, 0.717) is 17.7 Å². The fourth-order valence-corrected chi connectivity index (χ4v) is 1.98. The summed E-state index contributed by atoms with van der Waals surface area (Å²) in [5.74, 6) is 0.307. The van der Waals surface area contributed by atoms with Crippen molar-refractivity contribution in [1.82, 2.24) is 0 Å². The van der Waals surface area contributed by atoms with Crippen molar-refractivity contribution < 1.29 is 19.4 Å². The van der Waals surface area contributed by atoms with Gasteiger partial charge in [-0.25, -0.2) is 4.79 Å². The molecular weight excluding hydrogens is 220 g/mol. The molecule has 2 unspecified atom stereocenters. The summed E-state index contributed by atoms with van der Waals surface area (Å²) < 4.78 is 10.3. The van der Waals surface area contributed by atoms with Crippen LogP contribution in [0.3, 0.4) is 0 Å². The van der Waals surface area contributed by atoms with Gasteiger partial charge in [-0.15, -0.1) is 0 Å². The van der Waals surface area contributed by atoms with Gasteiger partial charge in [0.15, 0.2) is 0 Å². The maximum absolute atomic E-state index is 11.8. The third-order valence-electron chi connectivity index (χ3n) is 3.00. The molecule has 0 saturated heterocycles. The molecule has 0 aromatic heterocycles. The van der Waals surface area contributed by atoms with Gasteiger partial charge in [0.25, 0.3) is 0 Å². The van der Waals surface area contributed by atoms with Crippen LogP contribution in [-0.2, 0) is 4.74 Å². The molecule has 1 saturated carbocycles. The van der Waals surface area contributed by atoms with Gasteiger partial charge in [-0.2, -0.15) is 0 Å². The highest BCUT2D eigenvalue weighted by Gasteiger charge is 2.28. The van der Waals surface area contributed by atoms with E-state index in [1.54, 1.807) is 31.4 Å². The number of ether oxygens (including phenoxy) is 2. The zero-order chi connectivity index (χ0) is 12.3. The fraction of sp³-hybridized carbons (Fsp3) is 0.462. The molecule has 1 fully saturated rings. The van der Waals surface area contributed by atoms with Gasteiger partial charge in [0.1, 0.15) is 11.9 Å². The van der Waals surface area contributed by atoms with E-state index in [2.05, 4.69) is 0 Å². The Bertz CT molecular complexity index is 385. The van der Waals surface area contributed by atoms with Crippen molar-refractivity contribution in [3.8, 4) is 5.75 Å². The summed E-state index contributed by atoms with van der Waals surface area (Å²) in [4.78, 5) is 11.8. The summed E-state index contributed by atoms with van der Waals surface area (Å²) >= 11 is 0. The summed E-state index contributed by atoms with van der Waals surface area (Å²) in [7, 11) is 1.57. The molecule has 0 heterocycles. The van der Waals surface area contributed by atoms with Crippen LogP contribution in [0.2, 0.25) is 0 Å². The molecule has 0 aliphatic heterocycles. The Balaban J connectivity index is 1.99. The molecule has 92 valence electrons. The van der Waals surface area contributed by atoms with Gasteiger partial charge >= 0.3 is 5.97 Å². The van der Waals surface area contributed by atoms with Gasteiger partial charge in [-0.3, -0.25) is 0 Å². The van der Waals surface area contributed by atoms with E-state index in [-0.39, 0.29) is 6.10 Å². The molecule has 0 radical (unpaired) electrons. The molecule has 2 rings (SSSR count). The van der Waals surface area contributed by atoms with Crippen molar-refractivity contribution in [3.05, 3.63) is 29.8 Å². The number of esters is 1. The van der Waals surface area contributed by atoms with Crippen LogP contribution in [0.15, 0.2) is 24.3 Å². The van der Waals surface area contributed by atoms with E-state index < -0.39 is 12.1 Å². The Hall–Kier alpha value is -1.55. The fourth-order valence-electron chi connectivity index (χ4n) is 1.98. The highest BCUT2D eigenvalue weighted by Crippen LogP contribution is 2.23. The van der Waals surface area contributed by atoms with E-state index in [1.165, 1.54) is 0 Å². The third-order valence-corrected chi connectivity index (χ3v) is 3.00. The van der Waals surface area contributed by atoms with E-state index in [9.17, 15) is 9.90 Å². The van der Waals surface area contributed by atoms with Crippen LogP contribution in [-0.4, -0.2) is 30.4 Å². The number of carbonyl (C=O) groups is 1. The van der Waals surface area contributed by atoms with Crippen LogP contribution in [0.25, 0.3) is 0 Å². The predicted octanol–water partition coefficient (Wildman–Crippen LogP) is 1.77. The number of carbonyl (C=O) groups excluding carboxylic acids is 1. The number of hydrogen-bond donors (Lipinski definition) is 1. The first-order valence-electron chi connectivity index (χ1n) is 5.74. The number of methoxy groups -OCH3 is 1. The van der Waals surface area contributed by atoms with Gasteiger partial charge in [0.2, 0.25) is 0 Å². The van der Waals surface area contributed by atoms with Gasteiger partial charge in [0, 0.05) is 0 Å². The van der Waals surface area contributed by atoms with Crippen LogP contribution < -0.4 is 4.74 Å². The van der Waals surface area contributed by atoms with E-state index in [1.807, 2.05) is 0 Å². The molecule has 0 bridgehead atoms. The Kier molecular flexibility index (Phi) is 3.64. The molecule has 0 amide bonds. The summed E-state index contributed by atoms with van der Waals surface area (Å²) in [5.41, 5.74) is 0.477. The lowest BCUT2D eigenvalue weighted by Gasteiger charge is -2.15. The zero-order valence-corrected chi connectivity index (χ0v) is 9.76. The molecule has 1 N–H and O–H groups in total. The summed E-state index contributed by atoms with van der Waals surface area (Å²) in [6, 6.07) is 6.73. The lowest BCUT2D eigenvalue weighted by Crippen LogP contribution is -2.25. The average Bonchev–Trinajstić information content (AvgIpc) is 2.75. The number of aliphatic hydroxyl groups excluding tert-OH is 1. The monoisotopic (exact) mass is 236 g/mol. The normalized spacial score (nSPS) is 23.4. The number of rotatable bonds is 3. The second-order valence-corrected chi connectivity index (χ2v) is 4.17. The zero-order valence-electron chi connectivity index (χ0n) is 9.76. The maximum atomic E-state index is 11.8. The predicted molar refractivity (Wildman–Crippen MR) is 62.1 cm³/mol. The molecule has 0 spiro atoms. The first kappa shape index (κ1) is 11.9. The van der Waals surface area contributed by atoms with Gasteiger partial charge in [0.05, 0.1) is 18.8 Å². The molecule has 2 atom stereocenters. The van der Waals surface area contributed by atoms with Crippen molar-refractivity contribution in [2.45, 2.75) is 31.5 Å². The smallest absolute Gasteiger partial charge is 0.338 e. The Morgan fingerprint density at radius 3 is 2.53 bits per heavy atom. The molecular formula is C13H16O4. The quantitative estimate of drug-likeness (QED) is 0.812. The second-order valence-electron chi connectivity index (χ2n) is 4.17. The highest BCUT2D eigenvalue weighted by molar-refractivity contribution is 5.89. The first-order valence-corrected chi connectivity index (χ1v) is 5.74. The largest absolute Gasteiger partial charge is 0.497 e. The average molecular weight is 236 g/mol. The molecule has 1 aliphatic rings. The second kappa shape index (κ2) is 5.19. The topological polar surface area (TPSA) is 55.8 Å². The maximum Gasteiger partial charge on any atom is 0.338 e. The van der Waals surface area contributed by atoms with Crippen molar-refractivity contribution in [3.63, 3.8) is 0 Å². The van der Waals surface area contributed by atoms with Crippen LogP contribution in [0, 0.1) is 0 Å². The summed E-state index contributed by atoms with van der Waals surface area (Å²) in [6.07, 6.45) is 1.48. The Labute approximate surface area is 100 Å². The molecule has 4 nitrogen and oxygen atoms in total. The van der Waals surface area contributed by atoms with E-state index in [0.717, 1.165) is 12.8 Å². The van der Waals surface area contributed by atoms with Gasteiger partial charge in [-0.05, 0) is 43.5 Å². The highest BCUT2D eigenvalue weighted by atomic mass is 16.6. The minimum absolute atomic E-state index is 0.357. The summed E-state index contributed by atoms with van der Waals surface area (Å²) in [6.45, 7) is 0. The molecule has 1 aromatic rings. The SMILES string of the molecule is COc1ccc(C(=O)OC2CCCC2O)cc1. The van der Waals surface area contributed by atoms with Crippen LogP contribution >= 0.6 is 0 Å².